The maximum atomic E-state index is 12.8. The standard InChI is InChI=1S/C20H19N3O3/c24-20-19(23(25)26)17(21-12-11-14-6-2-1-3-7-14)16-10-4-8-15-9-5-13-22(20)18(15)16/h1-4,6-8,10,21H,5,9,11-13H2. The van der Waals surface area contributed by atoms with Crippen molar-refractivity contribution in [2.45, 2.75) is 25.8 Å². The summed E-state index contributed by atoms with van der Waals surface area (Å²) in [5, 5.41) is 15.6. The van der Waals surface area contributed by atoms with E-state index in [1.54, 1.807) is 4.57 Å². The van der Waals surface area contributed by atoms with Gasteiger partial charge < -0.3 is 9.88 Å². The van der Waals surface area contributed by atoms with E-state index in [1.165, 1.54) is 0 Å². The SMILES string of the molecule is O=c1c([N+](=O)[O-])c(NCCc2ccccc2)c2cccc3c2n1CCC3. The van der Waals surface area contributed by atoms with Gasteiger partial charge in [-0.25, -0.2) is 0 Å². The van der Waals surface area contributed by atoms with Gasteiger partial charge in [0.15, 0.2) is 0 Å². The number of aromatic nitrogens is 1. The molecule has 1 aliphatic heterocycles. The zero-order chi connectivity index (χ0) is 18.1. The van der Waals surface area contributed by atoms with E-state index in [4.69, 9.17) is 0 Å². The molecule has 0 saturated carbocycles. The Hall–Kier alpha value is -3.15. The maximum Gasteiger partial charge on any atom is 0.357 e. The Morgan fingerprint density at radius 2 is 1.92 bits per heavy atom. The molecular weight excluding hydrogens is 330 g/mol. The number of rotatable bonds is 5. The number of nitrogens with zero attached hydrogens (tertiary/aromatic N) is 2. The molecule has 0 aliphatic carbocycles. The molecule has 0 atom stereocenters. The van der Waals surface area contributed by atoms with Crippen LogP contribution < -0.4 is 10.9 Å². The Morgan fingerprint density at radius 1 is 1.12 bits per heavy atom. The van der Waals surface area contributed by atoms with Crippen LogP contribution in [0.1, 0.15) is 17.5 Å². The number of nitro groups is 1. The first-order valence-electron chi connectivity index (χ1n) is 8.77. The quantitative estimate of drug-likeness (QED) is 0.565. The third-order valence-electron chi connectivity index (χ3n) is 4.91. The molecular formula is C20H19N3O3. The van der Waals surface area contributed by atoms with Gasteiger partial charge in [0.05, 0.1) is 10.4 Å². The molecule has 0 fully saturated rings. The summed E-state index contributed by atoms with van der Waals surface area (Å²) in [4.78, 5) is 23.9. The largest absolute Gasteiger partial charge is 0.378 e. The Morgan fingerprint density at radius 3 is 2.69 bits per heavy atom. The van der Waals surface area contributed by atoms with Crippen LogP contribution in [0.3, 0.4) is 0 Å². The van der Waals surface area contributed by atoms with Crippen molar-refractivity contribution in [3.63, 3.8) is 0 Å². The molecule has 0 radical (unpaired) electrons. The zero-order valence-corrected chi connectivity index (χ0v) is 14.3. The third kappa shape index (κ3) is 2.73. The van der Waals surface area contributed by atoms with Gasteiger partial charge in [-0.3, -0.25) is 14.9 Å². The normalized spacial score (nSPS) is 12.9. The van der Waals surface area contributed by atoms with Gasteiger partial charge in [0.1, 0.15) is 5.69 Å². The summed E-state index contributed by atoms with van der Waals surface area (Å²) in [5.74, 6) is 0. The Bertz CT molecular complexity index is 1040. The Balaban J connectivity index is 1.80. The number of hydrogen-bond acceptors (Lipinski definition) is 4. The molecule has 1 aliphatic rings. The second-order valence-electron chi connectivity index (χ2n) is 6.52. The third-order valence-corrected chi connectivity index (χ3v) is 4.91. The van der Waals surface area contributed by atoms with Gasteiger partial charge in [-0.2, -0.15) is 0 Å². The lowest BCUT2D eigenvalue weighted by atomic mass is 9.99. The fraction of sp³-hybridized carbons (Fsp3) is 0.250. The molecule has 1 N–H and O–H groups in total. The number of hydrogen-bond donors (Lipinski definition) is 1. The van der Waals surface area contributed by atoms with Crippen molar-refractivity contribution in [3.05, 3.63) is 80.1 Å². The Kier molecular flexibility index (Phi) is 4.16. The predicted octanol–water partition coefficient (Wildman–Crippen LogP) is 3.51. The number of nitrogens with one attached hydrogen (secondary N) is 1. The summed E-state index contributed by atoms with van der Waals surface area (Å²) < 4.78 is 1.56. The highest BCUT2D eigenvalue weighted by atomic mass is 16.6. The van der Waals surface area contributed by atoms with Crippen molar-refractivity contribution in [1.82, 2.24) is 4.57 Å². The summed E-state index contributed by atoms with van der Waals surface area (Å²) in [6.45, 7) is 1.05. The Labute approximate surface area is 150 Å². The summed E-state index contributed by atoms with van der Waals surface area (Å²) >= 11 is 0. The average molecular weight is 349 g/mol. The lowest BCUT2D eigenvalue weighted by molar-refractivity contribution is -0.385. The van der Waals surface area contributed by atoms with Crippen molar-refractivity contribution < 1.29 is 4.92 Å². The highest BCUT2D eigenvalue weighted by Gasteiger charge is 2.27. The topological polar surface area (TPSA) is 77.2 Å². The first-order valence-corrected chi connectivity index (χ1v) is 8.77. The smallest absolute Gasteiger partial charge is 0.357 e. The second kappa shape index (κ2) is 6.63. The molecule has 4 rings (SSSR count). The average Bonchev–Trinajstić information content (AvgIpc) is 2.66. The van der Waals surface area contributed by atoms with Crippen molar-refractivity contribution in [3.8, 4) is 0 Å². The molecule has 6 heteroatoms. The first kappa shape index (κ1) is 16.3. The highest BCUT2D eigenvalue weighted by molar-refractivity contribution is 5.98. The molecule has 0 saturated heterocycles. The minimum absolute atomic E-state index is 0.339. The van der Waals surface area contributed by atoms with E-state index in [1.807, 2.05) is 48.5 Å². The number of benzene rings is 2. The van der Waals surface area contributed by atoms with Crippen LogP contribution in [0.4, 0.5) is 11.4 Å². The van der Waals surface area contributed by atoms with Crippen LogP contribution in [-0.2, 0) is 19.4 Å². The minimum atomic E-state index is -0.558. The molecule has 1 aromatic heterocycles. The minimum Gasteiger partial charge on any atom is -0.378 e. The van der Waals surface area contributed by atoms with Crippen LogP contribution >= 0.6 is 0 Å². The second-order valence-corrected chi connectivity index (χ2v) is 6.52. The van der Waals surface area contributed by atoms with Crippen LogP contribution in [0.15, 0.2) is 53.3 Å². The lowest BCUT2D eigenvalue weighted by Crippen LogP contribution is -2.28. The fourth-order valence-corrected chi connectivity index (χ4v) is 3.74. The molecule has 0 bridgehead atoms. The molecule has 2 aromatic carbocycles. The van der Waals surface area contributed by atoms with Crippen LogP contribution in [0, 0.1) is 10.1 Å². The van der Waals surface area contributed by atoms with Crippen molar-refractivity contribution in [2.75, 3.05) is 11.9 Å². The van der Waals surface area contributed by atoms with Crippen molar-refractivity contribution in [1.29, 1.82) is 0 Å². The van der Waals surface area contributed by atoms with E-state index < -0.39 is 10.5 Å². The molecule has 26 heavy (non-hydrogen) atoms. The van der Waals surface area contributed by atoms with Crippen LogP contribution in [0.25, 0.3) is 10.9 Å². The van der Waals surface area contributed by atoms with Gasteiger partial charge in [-0.15, -0.1) is 0 Å². The maximum absolute atomic E-state index is 12.8. The van der Waals surface area contributed by atoms with E-state index in [0.717, 1.165) is 41.3 Å². The van der Waals surface area contributed by atoms with Crippen molar-refractivity contribution >= 4 is 22.3 Å². The van der Waals surface area contributed by atoms with Gasteiger partial charge in [0, 0.05) is 18.5 Å². The van der Waals surface area contributed by atoms with Gasteiger partial charge in [0.2, 0.25) is 0 Å². The van der Waals surface area contributed by atoms with E-state index in [0.29, 0.717) is 18.8 Å². The number of pyridine rings is 1. The molecule has 0 spiro atoms. The van der Waals surface area contributed by atoms with Crippen LogP contribution in [0.5, 0.6) is 0 Å². The number of para-hydroxylation sites is 1. The van der Waals surface area contributed by atoms with Gasteiger partial charge in [-0.1, -0.05) is 48.5 Å². The summed E-state index contributed by atoms with van der Waals surface area (Å²) in [6.07, 6.45) is 2.43. The predicted molar refractivity (Wildman–Crippen MR) is 102 cm³/mol. The van der Waals surface area contributed by atoms with Gasteiger partial charge in [-0.05, 0) is 30.4 Å². The van der Waals surface area contributed by atoms with Crippen LogP contribution in [0.2, 0.25) is 0 Å². The molecule has 132 valence electrons. The fourth-order valence-electron chi connectivity index (χ4n) is 3.74. The summed E-state index contributed by atoms with van der Waals surface area (Å²) in [6, 6.07) is 15.7. The molecule has 0 unspecified atom stereocenters. The van der Waals surface area contributed by atoms with E-state index >= 15 is 0 Å². The summed E-state index contributed by atoms with van der Waals surface area (Å²) in [5.41, 5.74) is 2.51. The molecule has 0 amide bonds. The molecule has 2 heterocycles. The number of aryl methyl sites for hydroxylation is 2. The van der Waals surface area contributed by atoms with E-state index in [2.05, 4.69) is 5.32 Å². The van der Waals surface area contributed by atoms with E-state index in [-0.39, 0.29) is 5.69 Å². The monoisotopic (exact) mass is 349 g/mol. The molecule has 6 nitrogen and oxygen atoms in total. The lowest BCUT2D eigenvalue weighted by Gasteiger charge is -2.21. The van der Waals surface area contributed by atoms with Gasteiger partial charge in [0.25, 0.3) is 0 Å². The van der Waals surface area contributed by atoms with E-state index in [9.17, 15) is 14.9 Å². The van der Waals surface area contributed by atoms with Gasteiger partial charge >= 0.3 is 11.2 Å². The highest BCUT2D eigenvalue weighted by Crippen LogP contribution is 2.34. The number of anilines is 1. The zero-order valence-electron chi connectivity index (χ0n) is 14.3. The summed E-state index contributed by atoms with van der Waals surface area (Å²) in [7, 11) is 0. The first-order chi connectivity index (χ1) is 12.7. The molecule has 3 aromatic rings. The van der Waals surface area contributed by atoms with Crippen LogP contribution in [-0.4, -0.2) is 16.0 Å². The van der Waals surface area contributed by atoms with Crippen molar-refractivity contribution in [2.24, 2.45) is 0 Å².